The second-order valence-electron chi connectivity index (χ2n) is 29.1. The van der Waals surface area contributed by atoms with Crippen LogP contribution in [0.5, 0.6) is 11.5 Å². The summed E-state index contributed by atoms with van der Waals surface area (Å²) in [4.78, 5) is 50.6. The van der Waals surface area contributed by atoms with E-state index in [0.717, 1.165) is 91.5 Å². The molecule has 10 aromatic heterocycles. The molecule has 0 saturated carbocycles. The van der Waals surface area contributed by atoms with Gasteiger partial charge < -0.3 is 49.3 Å². The Kier molecular flexibility index (Phi) is 18.9. The van der Waals surface area contributed by atoms with E-state index in [1.165, 1.54) is 43.0 Å². The molecule has 3 atom stereocenters. The molecule has 0 aliphatic carbocycles. The maximum atomic E-state index is 14.5. The van der Waals surface area contributed by atoms with E-state index in [1.54, 1.807) is 86.3 Å². The number of aromatic nitrogens is 17. The van der Waals surface area contributed by atoms with Crippen molar-refractivity contribution >= 4 is 51.8 Å². The third-order valence-corrected chi connectivity index (χ3v) is 22.2. The molecule has 4 N–H and O–H groups in total. The van der Waals surface area contributed by atoms with Gasteiger partial charge in [-0.05, 0) is 131 Å². The minimum atomic E-state index is -3.25. The van der Waals surface area contributed by atoms with Crippen molar-refractivity contribution in [2.24, 2.45) is 0 Å². The van der Waals surface area contributed by atoms with Gasteiger partial charge >= 0.3 is 5.95 Å². The number of hydrogen-bond donors (Lipinski definition) is 4. The predicted octanol–water partition coefficient (Wildman–Crippen LogP) is 9.10. The molecule has 3 aliphatic rings. The van der Waals surface area contributed by atoms with Gasteiger partial charge in [0.2, 0.25) is 23.7 Å². The minimum absolute atomic E-state index is 0.186. The van der Waals surface area contributed by atoms with Crippen LogP contribution in [0.15, 0.2) is 214 Å². The Morgan fingerprint density at radius 2 is 0.888 bits per heavy atom. The van der Waals surface area contributed by atoms with Crippen LogP contribution in [-0.2, 0) is 16.8 Å². The molecule has 0 radical (unpaired) electrons. The van der Waals surface area contributed by atoms with E-state index in [4.69, 9.17) is 49.6 Å². The molecule has 586 valence electrons. The van der Waals surface area contributed by atoms with Gasteiger partial charge in [0, 0.05) is 146 Å². The zero-order chi connectivity index (χ0) is 79.7. The van der Waals surface area contributed by atoms with Crippen LogP contribution in [-0.4, -0.2) is 188 Å². The molecule has 3 saturated heterocycles. The maximum absolute atomic E-state index is 14.5. The molecule has 28 nitrogen and oxygen atoms in total. The number of methoxy groups -OCH3 is 2. The minimum Gasteiger partial charge on any atom is -0.497 e. The number of rotatable bonds is 20. The van der Waals surface area contributed by atoms with Gasteiger partial charge in [-0.25, -0.2) is 61.4 Å². The van der Waals surface area contributed by atoms with Crippen LogP contribution in [0.2, 0.25) is 0 Å². The first-order valence-electron chi connectivity index (χ1n) is 37.6. The van der Waals surface area contributed by atoms with Gasteiger partial charge in [-0.1, -0.05) is 54.6 Å². The topological polar surface area (TPSA) is 277 Å². The summed E-state index contributed by atoms with van der Waals surface area (Å²) < 4.78 is 91.8. The van der Waals surface area contributed by atoms with Gasteiger partial charge in [0.05, 0.1) is 52.8 Å². The maximum Gasteiger partial charge on any atom is 0.478 e. The number of nitrogens with zero attached hydrogens (tertiary/aromatic N) is 22. The van der Waals surface area contributed by atoms with E-state index < -0.39 is 40.7 Å². The molecule has 116 heavy (non-hydrogen) atoms. The number of H-pyrrole nitrogens is 1. The molecule has 3 aliphatic heterocycles. The van der Waals surface area contributed by atoms with E-state index in [1.807, 2.05) is 93.7 Å². The molecular weight excluding hydrogens is 1490 g/mol. The fourth-order valence-electron chi connectivity index (χ4n) is 15.4. The van der Waals surface area contributed by atoms with Crippen molar-refractivity contribution in [3.63, 3.8) is 0 Å². The Morgan fingerprint density at radius 1 is 0.440 bits per heavy atom. The second kappa shape index (κ2) is 29.7. The van der Waals surface area contributed by atoms with Crippen molar-refractivity contribution in [3.8, 4) is 56.5 Å². The number of anilines is 6. The van der Waals surface area contributed by atoms with Gasteiger partial charge in [-0.2, -0.15) is 18.7 Å². The lowest BCUT2D eigenvalue weighted by molar-refractivity contribution is -0.662. The van der Waals surface area contributed by atoms with Crippen LogP contribution < -0.4 is 48.1 Å². The summed E-state index contributed by atoms with van der Waals surface area (Å²) in [6, 6.07) is 35.9. The average Bonchev–Trinajstić information content (AvgIpc) is 1.52. The largest absolute Gasteiger partial charge is 0.497 e. The number of aromatic amines is 1. The highest BCUT2D eigenvalue weighted by Crippen LogP contribution is 2.40. The number of alkyl halides is 2. The molecule has 15 aromatic rings. The van der Waals surface area contributed by atoms with Gasteiger partial charge in [0.25, 0.3) is 18.6 Å². The van der Waals surface area contributed by atoms with E-state index in [9.17, 15) is 37.3 Å². The lowest BCUT2D eigenvalue weighted by Gasteiger charge is -2.35. The molecule has 0 spiro atoms. The number of halogens is 5. The summed E-state index contributed by atoms with van der Waals surface area (Å²) in [5.74, 6) is 3.75. The van der Waals surface area contributed by atoms with Crippen LogP contribution in [0.4, 0.5) is 57.3 Å². The lowest BCUT2D eigenvalue weighted by atomic mass is 9.88. The Morgan fingerprint density at radius 3 is 1.41 bits per heavy atom. The lowest BCUT2D eigenvalue weighted by Crippen LogP contribution is -2.51. The van der Waals surface area contributed by atoms with Crippen molar-refractivity contribution in [1.29, 1.82) is 0 Å². The number of piperazine rings is 3. The van der Waals surface area contributed by atoms with Gasteiger partial charge in [-0.15, -0.1) is 4.68 Å². The Bertz CT molecular complexity index is 6090. The van der Waals surface area contributed by atoms with Crippen LogP contribution in [0, 0.1) is 17.5 Å². The molecule has 3 unspecified atom stereocenters. The molecule has 13 heterocycles. The Hall–Kier alpha value is -13.7. The van der Waals surface area contributed by atoms with Crippen molar-refractivity contribution in [2.75, 3.05) is 122 Å². The fourth-order valence-corrected chi connectivity index (χ4v) is 15.4. The van der Waals surface area contributed by atoms with Crippen LogP contribution >= 0.6 is 0 Å². The third kappa shape index (κ3) is 13.6. The summed E-state index contributed by atoms with van der Waals surface area (Å²) in [5.41, 5.74) is 4.15. The predicted molar refractivity (Wildman–Crippen MR) is 420 cm³/mol. The fraction of sp³-hybridized carbons (Fsp3) is 0.241. The highest BCUT2D eigenvalue weighted by molar-refractivity contribution is 5.81. The average molecular weight is 1570 g/mol. The van der Waals surface area contributed by atoms with Gasteiger partial charge in [-0.3, -0.25) is 10.00 Å². The summed E-state index contributed by atoms with van der Waals surface area (Å²) in [5, 5.41) is 52.6. The summed E-state index contributed by atoms with van der Waals surface area (Å²) in [7, 11) is 3.29. The van der Waals surface area contributed by atoms with Crippen molar-refractivity contribution in [3.05, 3.63) is 265 Å². The first-order chi connectivity index (χ1) is 56.2. The highest BCUT2D eigenvalue weighted by Gasteiger charge is 2.43. The quantitative estimate of drug-likeness (QED) is 0.0409. The van der Waals surface area contributed by atoms with Crippen LogP contribution in [0.25, 0.3) is 61.6 Å². The number of benzene rings is 5. The zero-order valence-corrected chi connectivity index (χ0v) is 63.2. The summed E-state index contributed by atoms with van der Waals surface area (Å²) >= 11 is 0. The molecule has 33 heteroatoms. The van der Waals surface area contributed by atoms with E-state index >= 15 is 0 Å². The first kappa shape index (κ1) is 73.8. The molecule has 0 bridgehead atoms. The first-order valence-corrected chi connectivity index (χ1v) is 37.6. The highest BCUT2D eigenvalue weighted by atomic mass is 19.3. The van der Waals surface area contributed by atoms with Crippen LogP contribution in [0.3, 0.4) is 0 Å². The molecule has 0 amide bonds. The standard InChI is InChI=1S/C83H75F5N23O5/c1-81(112,58-8-14-64(84)15-9-58)61-40-89-77(90-41-61)105-31-25-102(26-32-105)74-70-35-55(48-110(70)100-80(99-74)111-49-57(39-96-111)56-36-69-73(95-50-97-108(69)47-56)101-23-29-104(30-24-101)79-93-44-63(45-94-79)83(114,76(87)88)60-12-18-66(86)19-13-60)53-7-22-68(72(38-53)116-4)107-51-98-109-46-54(52-5-20-67(115-3)21-6-52)37-71(109)75(107)103-27-33-106(34-28-103)78-91-42-62(43-92-78)82(2,113)59-10-16-65(85)17-11-59/h5-22,35-51,76,112-114H,23-34H2,1-4H3/q+1/p+1. The molecule has 5 aromatic carbocycles. The number of fused-ring (bicyclic) bond motifs is 3. The van der Waals surface area contributed by atoms with E-state index in [-0.39, 0.29) is 11.1 Å². The SMILES string of the molecule is COc1ccc(-c2cc3c(N4CCN(c5ncc(C(C)(O)c6ccc(F)cc6)cn5)CC4)[n+](-c4ccc(-c5cc6c(N7CCN(c8ncc(C(C)(O)c9ccc(F)cc9)cn8)CC7)nc(-[n+]7cc(-c8cc9c(N%10CCN(c%11ncc(C(O)(c%12ccc(F)cc%12)C(F)F)cn%11)CC%10)ncnn9c8)c[nH]7)nn6c5)cc4OC)cnn3c2)cc1. The second-order valence-corrected chi connectivity index (χ2v) is 29.1. The number of ether oxygens (including phenoxy) is 2. The summed E-state index contributed by atoms with van der Waals surface area (Å²) in [6.07, 6.45) is 18.6. The Labute approximate surface area is 659 Å². The van der Waals surface area contributed by atoms with Crippen molar-refractivity contribution in [2.45, 2.75) is 37.1 Å². The third-order valence-electron chi connectivity index (χ3n) is 22.2. The van der Waals surface area contributed by atoms with E-state index in [0.29, 0.717) is 142 Å². The number of nitrogens with one attached hydrogen (secondary N) is 1. The van der Waals surface area contributed by atoms with Crippen molar-refractivity contribution in [1.82, 2.24) is 73.8 Å². The normalized spacial score (nSPS) is 15.9. The molecule has 18 rings (SSSR count). The van der Waals surface area contributed by atoms with Crippen LogP contribution in [0.1, 0.15) is 47.2 Å². The molecule has 3 fully saturated rings. The van der Waals surface area contributed by atoms with Crippen molar-refractivity contribution < 1.29 is 56.0 Å². The van der Waals surface area contributed by atoms with E-state index in [2.05, 4.69) is 67.4 Å². The van der Waals surface area contributed by atoms with Gasteiger partial charge in [0.1, 0.15) is 63.6 Å². The Balaban J connectivity index is 0.640. The van der Waals surface area contributed by atoms with Gasteiger partial charge in [0.15, 0.2) is 22.7 Å². The summed E-state index contributed by atoms with van der Waals surface area (Å²) in [6.45, 7) is 9.52. The number of aliphatic hydroxyl groups is 3. The monoisotopic (exact) mass is 1570 g/mol. The zero-order valence-electron chi connectivity index (χ0n) is 63.2. The molecular formula is C83H76F5N23O5+2. The number of hydrogen-bond acceptors (Lipinski definition) is 22. The smallest absolute Gasteiger partial charge is 0.478 e.